The van der Waals surface area contributed by atoms with Crippen LogP contribution in [-0.2, 0) is 11.2 Å². The van der Waals surface area contributed by atoms with E-state index in [1.54, 1.807) is 43.8 Å². The zero-order valence-corrected chi connectivity index (χ0v) is 19.3. The highest BCUT2D eigenvalue weighted by Gasteiger charge is 2.13. The van der Waals surface area contributed by atoms with Crippen LogP contribution < -0.4 is 20.3 Å². The molecular weight excluding hydrogens is 451 g/mol. The maximum atomic E-state index is 13.7. The third-order valence-corrected chi connectivity index (χ3v) is 5.49. The topological polar surface area (TPSA) is 106 Å². The van der Waals surface area contributed by atoms with Gasteiger partial charge in [0.1, 0.15) is 23.7 Å². The van der Waals surface area contributed by atoms with Crippen molar-refractivity contribution in [2.75, 3.05) is 12.4 Å². The molecule has 0 aliphatic rings. The van der Waals surface area contributed by atoms with Crippen LogP contribution in [0.25, 0.3) is 10.9 Å². The highest BCUT2D eigenvalue weighted by Crippen LogP contribution is 2.37. The average Bonchev–Trinajstić information content (AvgIpc) is 2.87. The summed E-state index contributed by atoms with van der Waals surface area (Å²) in [4.78, 5) is 19.8. The van der Waals surface area contributed by atoms with Crippen LogP contribution in [0, 0.1) is 12.7 Å². The van der Waals surface area contributed by atoms with Crippen LogP contribution in [0.15, 0.2) is 60.9 Å². The number of hydrogen-bond donors (Lipinski definition) is 3. The van der Waals surface area contributed by atoms with Crippen LogP contribution in [0.5, 0.6) is 17.2 Å². The molecule has 1 aromatic heterocycles. The lowest BCUT2D eigenvalue weighted by Crippen LogP contribution is -2.18. The van der Waals surface area contributed by atoms with E-state index in [4.69, 9.17) is 14.7 Å². The monoisotopic (exact) mass is 476 g/mol. The molecule has 0 aliphatic carbocycles. The number of benzene rings is 3. The molecule has 0 saturated heterocycles. The first-order valence-corrected chi connectivity index (χ1v) is 11.0. The first kappa shape index (κ1) is 23.9. The predicted octanol–water partition coefficient (Wildman–Crippen LogP) is 5.45. The first-order chi connectivity index (χ1) is 17.0. The summed E-state index contributed by atoms with van der Waals surface area (Å²) in [6.07, 6.45) is 3.01. The number of hydroxylamine groups is 1. The number of methoxy groups -OCH3 is 1. The summed E-state index contributed by atoms with van der Waals surface area (Å²) in [7, 11) is 1.56. The van der Waals surface area contributed by atoms with Crippen LogP contribution >= 0.6 is 0 Å². The standard InChI is InChI=1S/C26H25FN4O4/c1-16-12-18(8-11-21(16)27)30-26-20-13-24(23(34-2)14-22(20)28-15-29-26)35-19-9-6-17(7-10-19)4-3-5-25(32)31-33/h6-15,33H,3-5H2,1-2H3,(H,31,32)(H,28,29,30). The Morgan fingerprint density at radius 2 is 1.86 bits per heavy atom. The van der Waals surface area contributed by atoms with Gasteiger partial charge in [-0.05, 0) is 67.3 Å². The highest BCUT2D eigenvalue weighted by molar-refractivity contribution is 5.93. The van der Waals surface area contributed by atoms with Gasteiger partial charge in [-0.25, -0.2) is 19.8 Å². The fourth-order valence-corrected chi connectivity index (χ4v) is 3.62. The Balaban J connectivity index is 1.57. The third-order valence-electron chi connectivity index (χ3n) is 5.49. The van der Waals surface area contributed by atoms with Crippen LogP contribution in [0.3, 0.4) is 0 Å². The van der Waals surface area contributed by atoms with Crippen molar-refractivity contribution < 1.29 is 23.9 Å². The van der Waals surface area contributed by atoms with E-state index < -0.39 is 5.91 Å². The summed E-state index contributed by atoms with van der Waals surface area (Å²) in [5.74, 6) is 1.49. The molecule has 4 aromatic rings. The first-order valence-electron chi connectivity index (χ1n) is 11.0. The maximum absolute atomic E-state index is 13.7. The van der Waals surface area contributed by atoms with Crippen molar-refractivity contribution >= 4 is 28.3 Å². The minimum atomic E-state index is -0.402. The largest absolute Gasteiger partial charge is 0.493 e. The van der Waals surface area contributed by atoms with Crippen LogP contribution in [0.4, 0.5) is 15.9 Å². The van der Waals surface area contributed by atoms with Gasteiger partial charge < -0.3 is 14.8 Å². The van der Waals surface area contributed by atoms with E-state index in [2.05, 4.69) is 15.3 Å². The summed E-state index contributed by atoms with van der Waals surface area (Å²) in [5, 5.41) is 12.5. The highest BCUT2D eigenvalue weighted by atomic mass is 19.1. The number of carbonyl (C=O) groups excluding carboxylic acids is 1. The molecule has 8 nitrogen and oxygen atoms in total. The molecule has 0 bridgehead atoms. The molecule has 0 fully saturated rings. The lowest BCUT2D eigenvalue weighted by molar-refractivity contribution is -0.129. The van der Waals surface area contributed by atoms with Gasteiger partial charge in [-0.1, -0.05) is 12.1 Å². The number of halogens is 1. The Morgan fingerprint density at radius 1 is 1.06 bits per heavy atom. The van der Waals surface area contributed by atoms with Gasteiger partial charge in [-0.15, -0.1) is 0 Å². The molecule has 0 aliphatic heterocycles. The normalized spacial score (nSPS) is 10.7. The van der Waals surface area contributed by atoms with Gasteiger partial charge in [0, 0.05) is 23.6 Å². The summed E-state index contributed by atoms with van der Waals surface area (Å²) in [6, 6.07) is 15.9. The second-order valence-electron chi connectivity index (χ2n) is 7.97. The zero-order chi connectivity index (χ0) is 24.8. The van der Waals surface area contributed by atoms with Crippen LogP contribution in [-0.4, -0.2) is 28.2 Å². The number of aromatic nitrogens is 2. The van der Waals surface area contributed by atoms with Crippen LogP contribution in [0.2, 0.25) is 0 Å². The smallest absolute Gasteiger partial charge is 0.243 e. The van der Waals surface area contributed by atoms with E-state index >= 15 is 0 Å². The second-order valence-corrected chi connectivity index (χ2v) is 7.97. The number of rotatable bonds is 9. The number of hydrogen-bond acceptors (Lipinski definition) is 7. The molecule has 180 valence electrons. The summed E-state index contributed by atoms with van der Waals surface area (Å²) < 4.78 is 25.3. The molecule has 0 unspecified atom stereocenters. The van der Waals surface area contributed by atoms with E-state index in [1.165, 1.54) is 12.4 Å². The molecular formula is C26H25FN4O4. The Bertz CT molecular complexity index is 1350. The molecule has 0 radical (unpaired) electrons. The minimum Gasteiger partial charge on any atom is -0.493 e. The average molecular weight is 477 g/mol. The minimum absolute atomic E-state index is 0.249. The lowest BCUT2D eigenvalue weighted by atomic mass is 10.1. The number of carbonyl (C=O) groups is 1. The third kappa shape index (κ3) is 5.82. The van der Waals surface area contributed by atoms with E-state index in [1.807, 2.05) is 24.3 Å². The van der Waals surface area contributed by atoms with E-state index in [-0.39, 0.29) is 12.2 Å². The number of amides is 1. The van der Waals surface area contributed by atoms with Crippen molar-refractivity contribution in [2.45, 2.75) is 26.2 Å². The summed E-state index contributed by atoms with van der Waals surface area (Å²) in [5.41, 5.74) is 4.57. The zero-order valence-electron chi connectivity index (χ0n) is 19.3. The Kier molecular flexibility index (Phi) is 7.37. The van der Waals surface area contributed by atoms with Crippen molar-refractivity contribution in [1.82, 2.24) is 15.4 Å². The predicted molar refractivity (Wildman–Crippen MR) is 130 cm³/mol. The molecule has 0 spiro atoms. The van der Waals surface area contributed by atoms with Crippen molar-refractivity contribution in [2.24, 2.45) is 0 Å². The molecule has 0 atom stereocenters. The van der Waals surface area contributed by atoms with Crippen molar-refractivity contribution in [3.05, 3.63) is 77.9 Å². The van der Waals surface area contributed by atoms with E-state index in [0.29, 0.717) is 58.1 Å². The van der Waals surface area contributed by atoms with Gasteiger partial charge in [0.15, 0.2) is 11.5 Å². The molecule has 35 heavy (non-hydrogen) atoms. The Hall–Kier alpha value is -4.24. The number of nitrogens with zero attached hydrogens (tertiary/aromatic N) is 2. The SMILES string of the molecule is COc1cc2ncnc(Nc3ccc(F)c(C)c3)c2cc1Oc1ccc(CCCC(=O)NO)cc1. The Morgan fingerprint density at radius 3 is 2.57 bits per heavy atom. The molecule has 1 amide bonds. The van der Waals surface area contributed by atoms with Crippen LogP contribution in [0.1, 0.15) is 24.0 Å². The van der Waals surface area contributed by atoms with Gasteiger partial charge in [0.2, 0.25) is 5.91 Å². The Labute approximate surface area is 201 Å². The molecule has 4 rings (SSSR count). The number of anilines is 2. The fourth-order valence-electron chi connectivity index (χ4n) is 3.62. The van der Waals surface area contributed by atoms with E-state index in [0.717, 1.165) is 5.56 Å². The van der Waals surface area contributed by atoms with Gasteiger partial charge in [-0.2, -0.15) is 0 Å². The number of aryl methyl sites for hydroxylation is 2. The van der Waals surface area contributed by atoms with E-state index in [9.17, 15) is 9.18 Å². The second kappa shape index (κ2) is 10.8. The van der Waals surface area contributed by atoms with Gasteiger partial charge in [0.05, 0.1) is 12.6 Å². The molecule has 0 saturated carbocycles. The maximum Gasteiger partial charge on any atom is 0.243 e. The van der Waals surface area contributed by atoms with Crippen molar-refractivity contribution in [1.29, 1.82) is 0 Å². The summed E-state index contributed by atoms with van der Waals surface area (Å²) >= 11 is 0. The number of nitrogens with one attached hydrogen (secondary N) is 2. The van der Waals surface area contributed by atoms with Gasteiger partial charge >= 0.3 is 0 Å². The number of fused-ring (bicyclic) bond motifs is 1. The molecule has 9 heteroatoms. The molecule has 1 heterocycles. The fraction of sp³-hybridized carbons (Fsp3) is 0.192. The van der Waals surface area contributed by atoms with Crippen molar-refractivity contribution in [3.8, 4) is 17.2 Å². The molecule has 3 aromatic carbocycles. The summed E-state index contributed by atoms with van der Waals surface area (Å²) in [6.45, 7) is 1.70. The van der Waals surface area contributed by atoms with Gasteiger partial charge in [0.25, 0.3) is 0 Å². The quantitative estimate of drug-likeness (QED) is 0.218. The van der Waals surface area contributed by atoms with Gasteiger partial charge in [-0.3, -0.25) is 10.0 Å². The lowest BCUT2D eigenvalue weighted by Gasteiger charge is -2.14. The van der Waals surface area contributed by atoms with Crippen molar-refractivity contribution in [3.63, 3.8) is 0 Å². The number of ether oxygens (including phenoxy) is 2. The molecule has 3 N–H and O–H groups in total.